The van der Waals surface area contributed by atoms with Crippen LogP contribution in [0.3, 0.4) is 0 Å². The van der Waals surface area contributed by atoms with Crippen LogP contribution in [0, 0.1) is 0 Å². The van der Waals surface area contributed by atoms with E-state index in [1.165, 1.54) is 5.39 Å². The number of benzene rings is 3. The summed E-state index contributed by atoms with van der Waals surface area (Å²) in [5.41, 5.74) is 3.13. The van der Waals surface area contributed by atoms with Gasteiger partial charge in [0.25, 0.3) is 0 Å². The van der Waals surface area contributed by atoms with Crippen LogP contribution in [0.15, 0.2) is 94.5 Å². The van der Waals surface area contributed by atoms with E-state index in [-0.39, 0.29) is 0 Å². The molecule has 0 unspecified atom stereocenters. The average molecular weight is 375 g/mol. The molecule has 4 aromatic rings. The lowest BCUT2D eigenvalue weighted by molar-refractivity contribution is 1.07. The van der Waals surface area contributed by atoms with Crippen LogP contribution in [-0.2, 0) is 0 Å². The number of halogens is 1. The van der Waals surface area contributed by atoms with Gasteiger partial charge in [0.2, 0.25) is 0 Å². The van der Waals surface area contributed by atoms with E-state index in [2.05, 4.69) is 56.9 Å². The van der Waals surface area contributed by atoms with Crippen molar-refractivity contribution in [3.05, 3.63) is 95.2 Å². The van der Waals surface area contributed by atoms with E-state index in [1.54, 1.807) is 0 Å². The maximum absolute atomic E-state index is 4.73. The van der Waals surface area contributed by atoms with E-state index in [4.69, 9.17) is 4.99 Å². The van der Waals surface area contributed by atoms with Crippen LogP contribution < -0.4 is 0 Å². The third kappa shape index (κ3) is 2.91. The van der Waals surface area contributed by atoms with E-state index in [0.717, 1.165) is 26.9 Å². The minimum Gasteiger partial charge on any atom is -0.316 e. The zero-order chi connectivity index (χ0) is 16.4. The Morgan fingerprint density at radius 3 is 2.58 bits per heavy atom. The van der Waals surface area contributed by atoms with Gasteiger partial charge in [-0.1, -0.05) is 58.4 Å². The molecule has 0 saturated carbocycles. The molecule has 0 spiro atoms. The molecule has 1 aromatic heterocycles. The molecule has 0 amide bonds. The van der Waals surface area contributed by atoms with E-state index in [9.17, 15) is 0 Å². The highest BCUT2D eigenvalue weighted by atomic mass is 79.9. The maximum atomic E-state index is 4.73. The van der Waals surface area contributed by atoms with E-state index in [0.29, 0.717) is 0 Å². The van der Waals surface area contributed by atoms with Crippen LogP contribution in [0.4, 0.5) is 5.69 Å². The van der Waals surface area contributed by atoms with Gasteiger partial charge in [0, 0.05) is 21.7 Å². The molecule has 0 bridgehead atoms. The van der Waals surface area contributed by atoms with Crippen molar-refractivity contribution in [3.8, 4) is 5.69 Å². The molecule has 3 aromatic carbocycles. The summed E-state index contributed by atoms with van der Waals surface area (Å²) in [4.78, 5) is 4.73. The number of aliphatic imine (C=N–C) groups is 1. The zero-order valence-corrected chi connectivity index (χ0v) is 14.5. The molecule has 2 nitrogen and oxygen atoms in total. The lowest BCUT2D eigenvalue weighted by atomic mass is 10.1. The first-order valence-electron chi connectivity index (χ1n) is 7.76. The molecule has 0 radical (unpaired) electrons. The van der Waals surface area contributed by atoms with Gasteiger partial charge < -0.3 is 4.57 Å². The van der Waals surface area contributed by atoms with Crippen LogP contribution in [-0.4, -0.2) is 10.8 Å². The smallest absolute Gasteiger partial charge is 0.0708 e. The number of hydrogen-bond acceptors (Lipinski definition) is 1. The number of fused-ring (bicyclic) bond motifs is 1. The maximum Gasteiger partial charge on any atom is 0.0708 e. The molecular formula is C21H15BrN2. The number of hydrogen-bond donors (Lipinski definition) is 0. The quantitative estimate of drug-likeness (QED) is 0.383. The first kappa shape index (κ1) is 14.9. The molecular weight excluding hydrogens is 360 g/mol. The summed E-state index contributed by atoms with van der Waals surface area (Å²) in [6, 6.07) is 26.8. The number of nitrogens with zero attached hydrogens (tertiary/aromatic N) is 2. The van der Waals surface area contributed by atoms with Gasteiger partial charge >= 0.3 is 0 Å². The van der Waals surface area contributed by atoms with Crippen molar-refractivity contribution in [1.29, 1.82) is 0 Å². The Morgan fingerprint density at radius 2 is 1.67 bits per heavy atom. The van der Waals surface area contributed by atoms with Crippen molar-refractivity contribution in [2.45, 2.75) is 0 Å². The monoisotopic (exact) mass is 374 g/mol. The predicted molar refractivity (Wildman–Crippen MR) is 105 cm³/mol. The molecule has 3 heteroatoms. The van der Waals surface area contributed by atoms with Gasteiger partial charge in [-0.15, -0.1) is 0 Å². The Labute approximate surface area is 149 Å². The first-order valence-corrected chi connectivity index (χ1v) is 8.56. The third-order valence-corrected chi connectivity index (χ3v) is 4.46. The van der Waals surface area contributed by atoms with Gasteiger partial charge in [0.15, 0.2) is 0 Å². The molecule has 0 aliphatic heterocycles. The summed E-state index contributed by atoms with van der Waals surface area (Å²) in [6.45, 7) is 0. The Morgan fingerprint density at radius 1 is 0.833 bits per heavy atom. The highest BCUT2D eigenvalue weighted by Crippen LogP contribution is 2.25. The zero-order valence-electron chi connectivity index (χ0n) is 12.9. The number of aromatic nitrogens is 1. The molecule has 0 aliphatic carbocycles. The largest absolute Gasteiger partial charge is 0.316 e. The summed E-state index contributed by atoms with van der Waals surface area (Å²) >= 11 is 3.53. The molecule has 1 heterocycles. The Bertz CT molecular complexity index is 1030. The molecule has 24 heavy (non-hydrogen) atoms. The van der Waals surface area contributed by atoms with Gasteiger partial charge in [-0.05, 0) is 41.8 Å². The van der Waals surface area contributed by atoms with Crippen molar-refractivity contribution < 1.29 is 0 Å². The normalized spacial score (nSPS) is 11.4. The second kappa shape index (κ2) is 6.46. The second-order valence-electron chi connectivity index (χ2n) is 5.54. The molecule has 0 saturated heterocycles. The Hall–Kier alpha value is -2.65. The van der Waals surface area contributed by atoms with Gasteiger partial charge in [-0.25, -0.2) is 0 Å². The fourth-order valence-corrected chi connectivity index (χ4v) is 3.20. The molecule has 116 valence electrons. The fraction of sp³-hybridized carbons (Fsp3) is 0. The standard InChI is InChI=1S/C21H15BrN2/c22-17-8-4-9-18(14-17)24-13-5-10-19(24)15-23-21-12-3-7-16-6-1-2-11-20(16)21/h1-15H. The highest BCUT2D eigenvalue weighted by Gasteiger charge is 2.03. The predicted octanol–water partition coefficient (Wildman–Crippen LogP) is 6.14. The van der Waals surface area contributed by atoms with Gasteiger partial charge in [0.05, 0.1) is 17.6 Å². The summed E-state index contributed by atoms with van der Waals surface area (Å²) < 4.78 is 3.19. The minimum atomic E-state index is 0.982. The van der Waals surface area contributed by atoms with Crippen molar-refractivity contribution in [3.63, 3.8) is 0 Å². The minimum absolute atomic E-state index is 0.982. The molecule has 0 aliphatic rings. The topological polar surface area (TPSA) is 17.3 Å². The summed E-state index contributed by atoms with van der Waals surface area (Å²) in [5, 5.41) is 2.37. The van der Waals surface area contributed by atoms with Gasteiger partial charge in [-0.2, -0.15) is 0 Å². The van der Waals surface area contributed by atoms with Crippen LogP contribution in [0.5, 0.6) is 0 Å². The highest BCUT2D eigenvalue weighted by molar-refractivity contribution is 9.10. The number of rotatable bonds is 3. The van der Waals surface area contributed by atoms with E-state index >= 15 is 0 Å². The van der Waals surface area contributed by atoms with Crippen LogP contribution in [0.2, 0.25) is 0 Å². The van der Waals surface area contributed by atoms with Crippen molar-refractivity contribution in [2.75, 3.05) is 0 Å². The third-order valence-electron chi connectivity index (χ3n) is 3.97. The van der Waals surface area contributed by atoms with Gasteiger partial charge in [0.1, 0.15) is 0 Å². The van der Waals surface area contributed by atoms with Crippen molar-refractivity contribution in [1.82, 2.24) is 4.57 Å². The van der Waals surface area contributed by atoms with Crippen molar-refractivity contribution in [2.24, 2.45) is 4.99 Å². The molecule has 0 atom stereocenters. The summed E-state index contributed by atoms with van der Waals surface area (Å²) in [5.74, 6) is 0. The van der Waals surface area contributed by atoms with Gasteiger partial charge in [-0.3, -0.25) is 4.99 Å². The average Bonchev–Trinajstić information content (AvgIpc) is 3.08. The van der Waals surface area contributed by atoms with E-state index < -0.39 is 0 Å². The Kier molecular flexibility index (Phi) is 4.01. The SMILES string of the molecule is Brc1cccc(-n2cccc2C=Nc2cccc3ccccc23)c1. The Balaban J connectivity index is 1.74. The summed E-state index contributed by atoms with van der Waals surface area (Å²) in [7, 11) is 0. The molecule has 0 fully saturated rings. The van der Waals surface area contributed by atoms with Crippen LogP contribution in [0.1, 0.15) is 5.69 Å². The molecule has 4 rings (SSSR count). The molecule has 0 N–H and O–H groups in total. The van der Waals surface area contributed by atoms with Crippen LogP contribution >= 0.6 is 15.9 Å². The van der Waals surface area contributed by atoms with Crippen LogP contribution in [0.25, 0.3) is 16.5 Å². The fourth-order valence-electron chi connectivity index (χ4n) is 2.82. The van der Waals surface area contributed by atoms with E-state index in [1.807, 2.05) is 54.9 Å². The second-order valence-corrected chi connectivity index (χ2v) is 6.46. The lowest BCUT2D eigenvalue weighted by Gasteiger charge is -2.07. The lowest BCUT2D eigenvalue weighted by Crippen LogP contribution is -1.97. The summed E-state index contributed by atoms with van der Waals surface area (Å²) in [6.07, 6.45) is 3.97. The van der Waals surface area contributed by atoms with Crippen molar-refractivity contribution >= 4 is 38.6 Å². The first-order chi connectivity index (χ1) is 11.8.